The van der Waals surface area contributed by atoms with Crippen molar-refractivity contribution >= 4 is 5.91 Å². The predicted molar refractivity (Wildman–Crippen MR) is 76.5 cm³/mol. The van der Waals surface area contributed by atoms with E-state index in [9.17, 15) is 18.7 Å². The minimum atomic E-state index is -0.917. The number of aliphatic hydroxyl groups is 1. The van der Waals surface area contributed by atoms with E-state index in [2.05, 4.69) is 5.32 Å². The number of halogens is 2. The van der Waals surface area contributed by atoms with Gasteiger partial charge in [-0.15, -0.1) is 0 Å². The van der Waals surface area contributed by atoms with Crippen molar-refractivity contribution in [2.75, 3.05) is 6.54 Å². The number of hydrogen-bond donors (Lipinski definition) is 2. The summed E-state index contributed by atoms with van der Waals surface area (Å²) < 4.78 is 31.6. The molecule has 2 rings (SSSR count). The van der Waals surface area contributed by atoms with E-state index in [0.717, 1.165) is 12.1 Å². The van der Waals surface area contributed by atoms with Crippen LogP contribution in [0.1, 0.15) is 40.0 Å². The summed E-state index contributed by atoms with van der Waals surface area (Å²) in [5, 5.41) is 12.5. The third-order valence-corrected chi connectivity index (χ3v) is 3.32. The first-order valence-electron chi connectivity index (χ1n) is 6.86. The fraction of sp³-hybridized carbons (Fsp3) is 0.312. The molecule has 1 amide bonds. The summed E-state index contributed by atoms with van der Waals surface area (Å²) in [6, 6.07) is 4.49. The SMILES string of the molecule is Cc1cc(C(O)CCNC(=O)c2ccc(F)cc2F)c(C)o1. The summed E-state index contributed by atoms with van der Waals surface area (Å²) in [5.74, 6) is -0.982. The van der Waals surface area contributed by atoms with Crippen LogP contribution in [-0.2, 0) is 0 Å². The second-order valence-corrected chi connectivity index (χ2v) is 5.05. The average Bonchev–Trinajstić information content (AvgIpc) is 2.77. The lowest BCUT2D eigenvalue weighted by Gasteiger charge is -2.11. The molecule has 22 heavy (non-hydrogen) atoms. The number of furan rings is 1. The van der Waals surface area contributed by atoms with Crippen LogP contribution in [0.4, 0.5) is 8.78 Å². The first-order chi connectivity index (χ1) is 10.4. The largest absolute Gasteiger partial charge is 0.466 e. The standard InChI is InChI=1S/C16H17F2NO3/c1-9-7-13(10(2)22-9)15(20)5-6-19-16(21)12-4-3-11(17)8-14(12)18/h3-4,7-8,15,20H,5-6H2,1-2H3,(H,19,21). The molecule has 4 nitrogen and oxygen atoms in total. The Labute approximate surface area is 126 Å². The van der Waals surface area contributed by atoms with Crippen molar-refractivity contribution in [3.05, 3.63) is 58.5 Å². The molecule has 0 spiro atoms. The minimum absolute atomic E-state index is 0.153. The van der Waals surface area contributed by atoms with Gasteiger partial charge in [-0.3, -0.25) is 4.79 Å². The second-order valence-electron chi connectivity index (χ2n) is 5.05. The van der Waals surface area contributed by atoms with E-state index in [-0.39, 0.29) is 18.5 Å². The number of nitrogens with one attached hydrogen (secondary N) is 1. The van der Waals surface area contributed by atoms with Crippen LogP contribution in [0.3, 0.4) is 0 Å². The Hall–Kier alpha value is -2.21. The van der Waals surface area contributed by atoms with Crippen molar-refractivity contribution in [2.24, 2.45) is 0 Å². The van der Waals surface area contributed by atoms with Gasteiger partial charge in [-0.25, -0.2) is 8.78 Å². The molecule has 1 aromatic carbocycles. The number of hydrogen-bond acceptors (Lipinski definition) is 3. The van der Waals surface area contributed by atoms with E-state index in [1.165, 1.54) is 0 Å². The summed E-state index contributed by atoms with van der Waals surface area (Å²) in [6.45, 7) is 3.68. The van der Waals surface area contributed by atoms with E-state index >= 15 is 0 Å². The Balaban J connectivity index is 1.90. The highest BCUT2D eigenvalue weighted by molar-refractivity contribution is 5.94. The van der Waals surface area contributed by atoms with Crippen molar-refractivity contribution in [3.63, 3.8) is 0 Å². The van der Waals surface area contributed by atoms with Crippen molar-refractivity contribution in [3.8, 4) is 0 Å². The molecular formula is C16H17F2NO3. The molecule has 1 unspecified atom stereocenters. The van der Waals surface area contributed by atoms with Crippen LogP contribution in [0.2, 0.25) is 0 Å². The molecule has 0 aliphatic carbocycles. The van der Waals surface area contributed by atoms with E-state index in [4.69, 9.17) is 4.42 Å². The minimum Gasteiger partial charge on any atom is -0.466 e. The quantitative estimate of drug-likeness (QED) is 0.892. The van der Waals surface area contributed by atoms with Crippen LogP contribution in [0.15, 0.2) is 28.7 Å². The molecule has 2 aromatic rings. The Bertz CT molecular complexity index is 682. The van der Waals surface area contributed by atoms with Crippen LogP contribution in [0.5, 0.6) is 0 Å². The lowest BCUT2D eigenvalue weighted by molar-refractivity contribution is 0.0938. The van der Waals surface area contributed by atoms with Crippen LogP contribution in [0.25, 0.3) is 0 Å². The molecule has 118 valence electrons. The van der Waals surface area contributed by atoms with Crippen LogP contribution in [-0.4, -0.2) is 17.6 Å². The van der Waals surface area contributed by atoms with Crippen molar-refractivity contribution in [1.29, 1.82) is 0 Å². The molecular weight excluding hydrogens is 292 g/mol. The molecule has 0 saturated heterocycles. The number of amides is 1. The molecule has 1 atom stereocenters. The van der Waals surface area contributed by atoms with Crippen LogP contribution >= 0.6 is 0 Å². The Morgan fingerprint density at radius 3 is 2.64 bits per heavy atom. The molecule has 2 N–H and O–H groups in total. The van der Waals surface area contributed by atoms with Gasteiger partial charge in [-0.1, -0.05) is 0 Å². The zero-order valence-corrected chi connectivity index (χ0v) is 12.3. The molecule has 1 heterocycles. The molecule has 0 bridgehead atoms. The summed E-state index contributed by atoms with van der Waals surface area (Å²) in [5.41, 5.74) is 0.436. The summed E-state index contributed by atoms with van der Waals surface area (Å²) in [7, 11) is 0. The zero-order valence-electron chi connectivity index (χ0n) is 12.3. The lowest BCUT2D eigenvalue weighted by atomic mass is 10.1. The normalized spacial score (nSPS) is 12.2. The van der Waals surface area contributed by atoms with Crippen molar-refractivity contribution in [2.45, 2.75) is 26.4 Å². The van der Waals surface area contributed by atoms with Gasteiger partial charge in [0.25, 0.3) is 5.91 Å². The molecule has 6 heteroatoms. The van der Waals surface area contributed by atoms with E-state index in [1.807, 2.05) is 0 Å². The number of carbonyl (C=O) groups is 1. The van der Waals surface area contributed by atoms with Gasteiger partial charge in [0.05, 0.1) is 11.7 Å². The molecule has 0 aliphatic heterocycles. The fourth-order valence-corrected chi connectivity index (χ4v) is 2.23. The van der Waals surface area contributed by atoms with Gasteiger partial charge in [0.1, 0.15) is 23.2 Å². The maximum Gasteiger partial charge on any atom is 0.254 e. The molecule has 0 radical (unpaired) electrons. The maximum absolute atomic E-state index is 13.4. The number of rotatable bonds is 5. The van der Waals surface area contributed by atoms with E-state index in [0.29, 0.717) is 23.2 Å². The Morgan fingerprint density at radius 1 is 1.32 bits per heavy atom. The Morgan fingerprint density at radius 2 is 2.05 bits per heavy atom. The number of aliphatic hydroxyl groups excluding tert-OH is 1. The highest BCUT2D eigenvalue weighted by Crippen LogP contribution is 2.23. The zero-order chi connectivity index (χ0) is 16.3. The number of benzene rings is 1. The smallest absolute Gasteiger partial charge is 0.254 e. The highest BCUT2D eigenvalue weighted by atomic mass is 19.1. The summed E-state index contributed by atoms with van der Waals surface area (Å²) >= 11 is 0. The lowest BCUT2D eigenvalue weighted by Crippen LogP contribution is -2.26. The topological polar surface area (TPSA) is 62.5 Å². The predicted octanol–water partition coefficient (Wildman–Crippen LogP) is 3.03. The highest BCUT2D eigenvalue weighted by Gasteiger charge is 2.16. The second kappa shape index (κ2) is 6.70. The Kier molecular flexibility index (Phi) is 4.92. The molecule has 0 fully saturated rings. The van der Waals surface area contributed by atoms with Gasteiger partial charge >= 0.3 is 0 Å². The van der Waals surface area contributed by atoms with Gasteiger partial charge in [-0.2, -0.15) is 0 Å². The number of carbonyl (C=O) groups excluding carboxylic acids is 1. The van der Waals surface area contributed by atoms with Gasteiger partial charge in [-0.05, 0) is 38.5 Å². The van der Waals surface area contributed by atoms with Gasteiger partial charge < -0.3 is 14.8 Å². The van der Waals surface area contributed by atoms with Crippen LogP contribution < -0.4 is 5.32 Å². The van der Waals surface area contributed by atoms with Gasteiger partial charge in [0, 0.05) is 18.2 Å². The maximum atomic E-state index is 13.4. The van der Waals surface area contributed by atoms with Gasteiger partial charge in [0.2, 0.25) is 0 Å². The molecule has 0 aliphatic rings. The van der Waals surface area contributed by atoms with Crippen LogP contribution in [0, 0.1) is 25.5 Å². The van der Waals surface area contributed by atoms with Gasteiger partial charge in [0.15, 0.2) is 0 Å². The summed E-state index contributed by atoms with van der Waals surface area (Å²) in [6.07, 6.45) is -0.523. The third-order valence-electron chi connectivity index (χ3n) is 3.32. The van der Waals surface area contributed by atoms with Crippen molar-refractivity contribution < 1.29 is 23.1 Å². The van der Waals surface area contributed by atoms with E-state index < -0.39 is 23.6 Å². The third kappa shape index (κ3) is 3.71. The first kappa shape index (κ1) is 16.2. The fourth-order valence-electron chi connectivity index (χ4n) is 2.23. The molecule has 0 saturated carbocycles. The molecule has 1 aromatic heterocycles. The average molecular weight is 309 g/mol. The summed E-state index contributed by atoms with van der Waals surface area (Å²) in [4.78, 5) is 11.8. The number of aryl methyl sites for hydroxylation is 2. The van der Waals surface area contributed by atoms with E-state index in [1.54, 1.807) is 19.9 Å². The van der Waals surface area contributed by atoms with Crippen molar-refractivity contribution in [1.82, 2.24) is 5.32 Å². The first-order valence-corrected chi connectivity index (χ1v) is 6.86. The monoisotopic (exact) mass is 309 g/mol.